The second-order valence-electron chi connectivity index (χ2n) is 8.24. The summed E-state index contributed by atoms with van der Waals surface area (Å²) < 4.78 is 17.1. The molecule has 35 heavy (non-hydrogen) atoms. The fourth-order valence-electron chi connectivity index (χ4n) is 4.24. The van der Waals surface area contributed by atoms with E-state index in [9.17, 15) is 10.1 Å². The van der Waals surface area contributed by atoms with Crippen LogP contribution in [-0.4, -0.2) is 5.97 Å². The molecule has 2 N–H and O–H groups in total. The number of nitrogens with two attached hydrogens (primary N) is 1. The molecule has 0 radical (unpaired) electrons. The molecule has 1 aliphatic rings. The Balaban J connectivity index is 1.51. The Kier molecular flexibility index (Phi) is 5.68. The highest BCUT2D eigenvalue weighted by Crippen LogP contribution is 2.45. The molecule has 1 aromatic heterocycles. The summed E-state index contributed by atoms with van der Waals surface area (Å²) in [6.07, 6.45) is 0. The average molecular weight is 505 g/mol. The Labute approximate surface area is 211 Å². The number of benzene rings is 3. The Morgan fingerprint density at radius 3 is 2.57 bits per heavy atom. The van der Waals surface area contributed by atoms with Crippen LogP contribution in [0.2, 0.25) is 10.0 Å². The van der Waals surface area contributed by atoms with Crippen molar-refractivity contribution in [2.45, 2.75) is 19.8 Å². The zero-order valence-electron chi connectivity index (χ0n) is 18.7. The third-order valence-electron chi connectivity index (χ3n) is 5.95. The molecule has 0 bridgehead atoms. The van der Waals surface area contributed by atoms with Crippen molar-refractivity contribution in [3.8, 4) is 17.6 Å². The van der Waals surface area contributed by atoms with Gasteiger partial charge in [-0.15, -0.1) is 0 Å². The summed E-state index contributed by atoms with van der Waals surface area (Å²) >= 11 is 12.5. The van der Waals surface area contributed by atoms with Gasteiger partial charge in [-0.3, -0.25) is 0 Å². The molecule has 0 spiro atoms. The molecule has 1 aliphatic heterocycles. The van der Waals surface area contributed by atoms with Crippen LogP contribution in [0.4, 0.5) is 0 Å². The zero-order chi connectivity index (χ0) is 24.9. The van der Waals surface area contributed by atoms with E-state index in [1.807, 2.05) is 32.0 Å². The topological polar surface area (TPSA) is 98.5 Å². The van der Waals surface area contributed by atoms with E-state index in [-0.39, 0.29) is 23.0 Å². The molecular formula is C27H18Cl2N2O4. The lowest BCUT2D eigenvalue weighted by atomic mass is 9.83. The first-order valence-corrected chi connectivity index (χ1v) is 11.4. The minimum absolute atomic E-state index is 0.0528. The van der Waals surface area contributed by atoms with Gasteiger partial charge >= 0.3 is 5.97 Å². The molecule has 0 fully saturated rings. The van der Waals surface area contributed by atoms with Crippen molar-refractivity contribution in [3.63, 3.8) is 0 Å². The zero-order valence-corrected chi connectivity index (χ0v) is 20.2. The summed E-state index contributed by atoms with van der Waals surface area (Å²) in [7, 11) is 0. The second kappa shape index (κ2) is 8.70. The molecule has 0 amide bonds. The lowest BCUT2D eigenvalue weighted by Gasteiger charge is -2.27. The summed E-state index contributed by atoms with van der Waals surface area (Å²) in [6, 6.07) is 17.7. The van der Waals surface area contributed by atoms with Crippen molar-refractivity contribution in [2.24, 2.45) is 5.73 Å². The van der Waals surface area contributed by atoms with Crippen LogP contribution >= 0.6 is 23.2 Å². The molecule has 2 heterocycles. The van der Waals surface area contributed by atoms with Gasteiger partial charge in [-0.25, -0.2) is 4.79 Å². The van der Waals surface area contributed by atoms with Crippen LogP contribution in [-0.2, 0) is 0 Å². The first-order valence-electron chi connectivity index (χ1n) is 10.6. The van der Waals surface area contributed by atoms with E-state index < -0.39 is 11.9 Å². The number of nitriles is 1. The van der Waals surface area contributed by atoms with Gasteiger partial charge in [0.1, 0.15) is 28.7 Å². The Bertz CT molecular complexity index is 1600. The van der Waals surface area contributed by atoms with Crippen LogP contribution in [0.3, 0.4) is 0 Å². The van der Waals surface area contributed by atoms with Gasteiger partial charge in [0.25, 0.3) is 0 Å². The molecule has 0 saturated carbocycles. The van der Waals surface area contributed by atoms with Gasteiger partial charge in [-0.05, 0) is 49.7 Å². The molecule has 4 aromatic rings. The predicted molar refractivity (Wildman–Crippen MR) is 133 cm³/mol. The van der Waals surface area contributed by atoms with Crippen molar-refractivity contribution >= 4 is 40.1 Å². The molecule has 5 rings (SSSR count). The number of hydrogen-bond acceptors (Lipinski definition) is 6. The van der Waals surface area contributed by atoms with E-state index in [2.05, 4.69) is 6.07 Å². The van der Waals surface area contributed by atoms with Crippen LogP contribution < -0.4 is 15.2 Å². The van der Waals surface area contributed by atoms with E-state index >= 15 is 0 Å². The molecule has 8 heteroatoms. The first kappa shape index (κ1) is 22.9. The number of rotatable bonds is 3. The monoisotopic (exact) mass is 504 g/mol. The van der Waals surface area contributed by atoms with Gasteiger partial charge < -0.3 is 19.6 Å². The van der Waals surface area contributed by atoms with Gasteiger partial charge in [-0.2, -0.15) is 5.26 Å². The molecule has 174 valence electrons. The summed E-state index contributed by atoms with van der Waals surface area (Å²) in [5, 5.41) is 11.5. The van der Waals surface area contributed by atoms with Crippen LogP contribution in [0.1, 0.15) is 38.7 Å². The van der Waals surface area contributed by atoms with Crippen molar-refractivity contribution in [3.05, 3.63) is 104 Å². The van der Waals surface area contributed by atoms with Gasteiger partial charge in [0.15, 0.2) is 0 Å². The van der Waals surface area contributed by atoms with Crippen LogP contribution in [0.5, 0.6) is 11.5 Å². The standard InChI is InChI=1S/C27H18Cl2N2O4/c1-13-3-8-22-19(9-13)14(2)25(34-22)27(32)33-16-5-7-18-23(11-16)35-26(31)20(12-30)24(18)17-6-4-15(28)10-21(17)29/h3-11,24H,31H2,1-2H3. The highest BCUT2D eigenvalue weighted by molar-refractivity contribution is 6.35. The number of aryl methyl sites for hydroxylation is 2. The predicted octanol–water partition coefficient (Wildman–Crippen LogP) is 6.79. The number of esters is 1. The van der Waals surface area contributed by atoms with Crippen LogP contribution in [0.25, 0.3) is 11.0 Å². The molecular weight excluding hydrogens is 487 g/mol. The molecule has 1 unspecified atom stereocenters. The Morgan fingerprint density at radius 1 is 1.06 bits per heavy atom. The van der Waals surface area contributed by atoms with E-state index in [0.717, 1.165) is 10.9 Å². The fraction of sp³-hybridized carbons (Fsp3) is 0.111. The number of nitrogens with zero attached hydrogens (tertiary/aromatic N) is 1. The van der Waals surface area contributed by atoms with E-state index in [1.165, 1.54) is 0 Å². The van der Waals surface area contributed by atoms with Gasteiger partial charge in [0.05, 0.1) is 5.92 Å². The number of carbonyl (C=O) groups excluding carboxylic acids is 1. The summed E-state index contributed by atoms with van der Waals surface area (Å²) in [4.78, 5) is 12.9. The number of ether oxygens (including phenoxy) is 2. The minimum Gasteiger partial charge on any atom is -0.449 e. The smallest absolute Gasteiger partial charge is 0.379 e. The highest BCUT2D eigenvalue weighted by Gasteiger charge is 2.32. The molecule has 6 nitrogen and oxygen atoms in total. The van der Waals surface area contributed by atoms with E-state index in [1.54, 1.807) is 36.4 Å². The highest BCUT2D eigenvalue weighted by atomic mass is 35.5. The van der Waals surface area contributed by atoms with E-state index in [4.69, 9.17) is 42.8 Å². The lowest BCUT2D eigenvalue weighted by molar-refractivity contribution is 0.0702. The average Bonchev–Trinajstić information content (AvgIpc) is 3.14. The van der Waals surface area contributed by atoms with Crippen LogP contribution in [0.15, 0.2) is 70.5 Å². The number of halogens is 2. The summed E-state index contributed by atoms with van der Waals surface area (Å²) in [5.74, 6) is -0.548. The third kappa shape index (κ3) is 3.99. The summed E-state index contributed by atoms with van der Waals surface area (Å²) in [6.45, 7) is 3.78. The number of furan rings is 1. The van der Waals surface area contributed by atoms with Crippen LogP contribution in [0, 0.1) is 25.2 Å². The molecule has 1 atom stereocenters. The molecule has 0 aliphatic carbocycles. The third-order valence-corrected chi connectivity index (χ3v) is 6.51. The van der Waals surface area contributed by atoms with Crippen molar-refractivity contribution in [2.75, 3.05) is 0 Å². The number of fused-ring (bicyclic) bond motifs is 2. The van der Waals surface area contributed by atoms with Crippen molar-refractivity contribution < 1.29 is 18.7 Å². The SMILES string of the molecule is Cc1ccc2oc(C(=O)Oc3ccc4c(c3)OC(N)=C(C#N)C4c3ccc(Cl)cc3Cl)c(C)c2c1. The minimum atomic E-state index is -0.634. The molecule has 3 aromatic carbocycles. The maximum absolute atomic E-state index is 12.9. The van der Waals surface area contributed by atoms with Gasteiger partial charge in [-0.1, -0.05) is 47.0 Å². The Hall–Kier alpha value is -3.92. The quantitative estimate of drug-likeness (QED) is 0.243. The molecule has 0 saturated heterocycles. The van der Waals surface area contributed by atoms with E-state index in [0.29, 0.717) is 38.1 Å². The number of carbonyl (C=O) groups is 1. The number of allylic oxidation sites excluding steroid dienone is 1. The Morgan fingerprint density at radius 2 is 1.83 bits per heavy atom. The first-order chi connectivity index (χ1) is 16.8. The van der Waals surface area contributed by atoms with Crippen molar-refractivity contribution in [1.29, 1.82) is 5.26 Å². The maximum atomic E-state index is 12.9. The van der Waals surface area contributed by atoms with Crippen molar-refractivity contribution in [1.82, 2.24) is 0 Å². The lowest BCUT2D eigenvalue weighted by Crippen LogP contribution is -2.21. The second-order valence-corrected chi connectivity index (χ2v) is 9.08. The number of hydrogen-bond donors (Lipinski definition) is 1. The summed E-state index contributed by atoms with van der Waals surface area (Å²) in [5.41, 5.74) is 9.96. The van der Waals surface area contributed by atoms with Gasteiger partial charge in [0, 0.05) is 32.6 Å². The largest absolute Gasteiger partial charge is 0.449 e. The van der Waals surface area contributed by atoms with Gasteiger partial charge in [0.2, 0.25) is 11.6 Å². The maximum Gasteiger partial charge on any atom is 0.379 e. The fourth-order valence-corrected chi connectivity index (χ4v) is 4.75. The normalized spacial score (nSPS) is 14.9.